The lowest BCUT2D eigenvalue weighted by molar-refractivity contribution is 0.0988. The Kier molecular flexibility index (Phi) is 5.94. The third-order valence-electron chi connectivity index (χ3n) is 4.06. The van der Waals surface area contributed by atoms with Crippen LogP contribution in [0, 0.1) is 0 Å². The number of carbonyl (C=O) groups is 1. The number of hydrogen-bond acceptors (Lipinski definition) is 4. The molecule has 0 saturated heterocycles. The van der Waals surface area contributed by atoms with Gasteiger partial charge in [-0.15, -0.1) is 0 Å². The predicted octanol–water partition coefficient (Wildman–Crippen LogP) is 5.15. The molecule has 0 atom stereocenters. The Hall–Kier alpha value is -3.05. The van der Waals surface area contributed by atoms with Gasteiger partial charge < -0.3 is 15.0 Å². The van der Waals surface area contributed by atoms with E-state index in [-0.39, 0.29) is 5.91 Å². The minimum atomic E-state index is -0.0944. The van der Waals surface area contributed by atoms with Crippen LogP contribution in [0.2, 0.25) is 5.02 Å². The van der Waals surface area contributed by atoms with Crippen molar-refractivity contribution >= 4 is 34.7 Å². The Labute approximate surface area is 163 Å². The van der Waals surface area contributed by atoms with Gasteiger partial charge in [0.2, 0.25) is 0 Å². The van der Waals surface area contributed by atoms with Crippen LogP contribution in [0.1, 0.15) is 17.3 Å². The van der Waals surface area contributed by atoms with Crippen molar-refractivity contribution in [2.45, 2.75) is 6.92 Å². The van der Waals surface area contributed by atoms with Crippen LogP contribution in [0.4, 0.5) is 17.2 Å². The number of benzene rings is 2. The van der Waals surface area contributed by atoms with E-state index in [1.54, 1.807) is 48.5 Å². The zero-order valence-electron chi connectivity index (χ0n) is 15.1. The van der Waals surface area contributed by atoms with Crippen LogP contribution < -0.4 is 15.0 Å². The molecule has 0 unspecified atom stereocenters. The fraction of sp³-hybridized carbons (Fsp3) is 0.143. The molecule has 0 bridgehead atoms. The summed E-state index contributed by atoms with van der Waals surface area (Å²) in [6, 6.07) is 18.4. The van der Waals surface area contributed by atoms with E-state index in [2.05, 4.69) is 10.3 Å². The fourth-order valence-electron chi connectivity index (χ4n) is 2.72. The van der Waals surface area contributed by atoms with E-state index in [9.17, 15) is 4.79 Å². The topological polar surface area (TPSA) is 54.5 Å². The molecule has 0 saturated carbocycles. The molecule has 0 spiro atoms. The number of anilines is 3. The van der Waals surface area contributed by atoms with Crippen molar-refractivity contribution in [1.82, 2.24) is 4.98 Å². The third kappa shape index (κ3) is 4.38. The van der Waals surface area contributed by atoms with Crippen LogP contribution in [-0.4, -0.2) is 24.5 Å². The number of hydrogen-bond donors (Lipinski definition) is 1. The van der Waals surface area contributed by atoms with Gasteiger partial charge in [-0.2, -0.15) is 0 Å². The average Bonchev–Trinajstić information content (AvgIpc) is 2.70. The number of halogens is 1. The molecule has 0 radical (unpaired) electrons. The monoisotopic (exact) mass is 381 g/mol. The van der Waals surface area contributed by atoms with Crippen molar-refractivity contribution in [2.24, 2.45) is 0 Å². The highest BCUT2D eigenvalue weighted by Crippen LogP contribution is 2.30. The van der Waals surface area contributed by atoms with Crippen molar-refractivity contribution in [3.05, 3.63) is 77.4 Å². The first-order valence-corrected chi connectivity index (χ1v) is 8.93. The highest BCUT2D eigenvalue weighted by Gasteiger charge is 2.16. The second kappa shape index (κ2) is 8.56. The summed E-state index contributed by atoms with van der Waals surface area (Å²) in [6.45, 7) is 2.52. The Morgan fingerprint density at radius 2 is 1.93 bits per heavy atom. The second-order valence-corrected chi connectivity index (χ2v) is 6.22. The summed E-state index contributed by atoms with van der Waals surface area (Å²) < 4.78 is 5.32. The van der Waals surface area contributed by atoms with Crippen LogP contribution in [0.25, 0.3) is 0 Å². The van der Waals surface area contributed by atoms with E-state index in [1.165, 1.54) is 0 Å². The highest BCUT2D eigenvalue weighted by atomic mass is 35.5. The van der Waals surface area contributed by atoms with Gasteiger partial charge in [0.1, 0.15) is 11.6 Å². The summed E-state index contributed by atoms with van der Waals surface area (Å²) in [5.41, 5.74) is 2.08. The van der Waals surface area contributed by atoms with Crippen LogP contribution in [-0.2, 0) is 0 Å². The average molecular weight is 382 g/mol. The summed E-state index contributed by atoms with van der Waals surface area (Å²) in [5.74, 6) is 1.15. The summed E-state index contributed by atoms with van der Waals surface area (Å²) in [4.78, 5) is 18.9. The molecule has 1 N–H and O–H groups in total. The molecule has 3 aromatic rings. The first-order chi connectivity index (χ1) is 13.1. The Bertz CT molecular complexity index is 914. The number of carbonyl (C=O) groups excluding carboxylic acids is 1. The van der Waals surface area contributed by atoms with Crippen LogP contribution in [0.5, 0.6) is 5.75 Å². The Morgan fingerprint density at radius 1 is 1.15 bits per heavy atom. The summed E-state index contributed by atoms with van der Waals surface area (Å²) >= 11 is 6.05. The van der Waals surface area contributed by atoms with E-state index < -0.39 is 0 Å². The smallest absolute Gasteiger partial charge is 0.259 e. The first kappa shape index (κ1) is 18.7. The zero-order chi connectivity index (χ0) is 19.2. The largest absolute Gasteiger partial charge is 0.495 e. The standard InChI is InChI=1S/C21H20ClN3O2/c1-3-25(17-7-5-4-6-8-17)21(26)15-9-12-20(23-14-15)24-18-13-16(22)10-11-19(18)27-2/h4-14H,3H2,1-2H3,(H,23,24). The second-order valence-electron chi connectivity index (χ2n) is 5.79. The lowest BCUT2D eigenvalue weighted by Gasteiger charge is -2.21. The summed E-state index contributed by atoms with van der Waals surface area (Å²) in [7, 11) is 1.59. The number of para-hydroxylation sites is 1. The van der Waals surface area contributed by atoms with Gasteiger partial charge in [-0.1, -0.05) is 29.8 Å². The minimum absolute atomic E-state index is 0.0944. The maximum absolute atomic E-state index is 12.8. The Balaban J connectivity index is 1.79. The number of methoxy groups -OCH3 is 1. The molecule has 3 rings (SSSR count). The maximum Gasteiger partial charge on any atom is 0.259 e. The lowest BCUT2D eigenvalue weighted by Crippen LogP contribution is -2.30. The van der Waals surface area contributed by atoms with Crippen molar-refractivity contribution in [1.29, 1.82) is 0 Å². The molecule has 1 aromatic heterocycles. The van der Waals surface area contributed by atoms with Crippen molar-refractivity contribution in [3.63, 3.8) is 0 Å². The maximum atomic E-state index is 12.8. The van der Waals surface area contributed by atoms with Gasteiger partial charge in [0, 0.05) is 23.5 Å². The number of ether oxygens (including phenoxy) is 1. The number of amides is 1. The molecule has 5 nitrogen and oxygen atoms in total. The van der Waals surface area contributed by atoms with Gasteiger partial charge in [0.05, 0.1) is 18.4 Å². The predicted molar refractivity (Wildman–Crippen MR) is 109 cm³/mol. The van der Waals surface area contributed by atoms with Crippen molar-refractivity contribution in [2.75, 3.05) is 23.9 Å². The molecule has 1 heterocycles. The van der Waals surface area contributed by atoms with Crippen molar-refractivity contribution < 1.29 is 9.53 Å². The molecule has 1 amide bonds. The summed E-state index contributed by atoms with van der Waals surface area (Å²) in [5, 5.41) is 3.75. The van der Waals surface area contributed by atoms with E-state index in [0.29, 0.717) is 34.4 Å². The minimum Gasteiger partial charge on any atom is -0.495 e. The first-order valence-electron chi connectivity index (χ1n) is 8.56. The van der Waals surface area contributed by atoms with E-state index in [1.807, 2.05) is 37.3 Å². The molecule has 0 aliphatic carbocycles. The van der Waals surface area contributed by atoms with Gasteiger partial charge >= 0.3 is 0 Å². The van der Waals surface area contributed by atoms with Crippen LogP contribution in [0.15, 0.2) is 66.9 Å². The van der Waals surface area contributed by atoms with E-state index >= 15 is 0 Å². The van der Waals surface area contributed by atoms with Crippen LogP contribution in [0.3, 0.4) is 0 Å². The molecule has 6 heteroatoms. The van der Waals surface area contributed by atoms with Gasteiger partial charge in [-0.25, -0.2) is 4.98 Å². The van der Waals surface area contributed by atoms with Gasteiger partial charge in [0.15, 0.2) is 0 Å². The molecule has 0 aliphatic rings. The van der Waals surface area contributed by atoms with Crippen LogP contribution >= 0.6 is 11.6 Å². The molecule has 27 heavy (non-hydrogen) atoms. The number of pyridine rings is 1. The lowest BCUT2D eigenvalue weighted by atomic mass is 10.2. The van der Waals surface area contributed by atoms with Gasteiger partial charge in [-0.3, -0.25) is 4.79 Å². The normalized spacial score (nSPS) is 10.3. The number of nitrogens with one attached hydrogen (secondary N) is 1. The van der Waals surface area contributed by atoms with Crippen molar-refractivity contribution in [3.8, 4) is 5.75 Å². The molecule has 0 aliphatic heterocycles. The molecule has 138 valence electrons. The summed E-state index contributed by atoms with van der Waals surface area (Å²) in [6.07, 6.45) is 1.56. The Morgan fingerprint density at radius 3 is 2.56 bits per heavy atom. The molecule has 2 aromatic carbocycles. The SMILES string of the molecule is CCN(C(=O)c1ccc(Nc2cc(Cl)ccc2OC)nc1)c1ccccc1. The van der Waals surface area contributed by atoms with E-state index in [4.69, 9.17) is 16.3 Å². The van der Waals surface area contributed by atoms with E-state index in [0.717, 1.165) is 5.69 Å². The quantitative estimate of drug-likeness (QED) is 0.641. The third-order valence-corrected chi connectivity index (χ3v) is 4.30. The number of aromatic nitrogens is 1. The molecule has 0 fully saturated rings. The van der Waals surface area contributed by atoms with Gasteiger partial charge in [-0.05, 0) is 49.4 Å². The number of nitrogens with zero attached hydrogens (tertiary/aromatic N) is 2. The molecular weight excluding hydrogens is 362 g/mol. The fourth-order valence-corrected chi connectivity index (χ4v) is 2.89. The number of rotatable bonds is 6. The molecular formula is C21H20ClN3O2. The zero-order valence-corrected chi connectivity index (χ0v) is 15.9. The van der Waals surface area contributed by atoms with Gasteiger partial charge in [0.25, 0.3) is 5.91 Å². The highest BCUT2D eigenvalue weighted by molar-refractivity contribution is 6.31.